The van der Waals surface area contributed by atoms with Crippen LogP contribution >= 0.6 is 0 Å². The zero-order valence-corrected chi connectivity index (χ0v) is 9.89. The Morgan fingerprint density at radius 2 is 1.75 bits per heavy atom. The minimum atomic E-state index is -2.47. The van der Waals surface area contributed by atoms with Gasteiger partial charge in [0.1, 0.15) is 0 Å². The molecule has 0 bridgehead atoms. The van der Waals surface area contributed by atoms with Crippen LogP contribution in [-0.2, 0) is 0 Å². The SMILES string of the molecule is C1=CCCC=C1.CNC1CCCCC1(F)F. The van der Waals surface area contributed by atoms with Crippen molar-refractivity contribution in [1.29, 1.82) is 0 Å². The van der Waals surface area contributed by atoms with Gasteiger partial charge in [-0.2, -0.15) is 0 Å². The van der Waals surface area contributed by atoms with E-state index in [0.717, 1.165) is 6.42 Å². The van der Waals surface area contributed by atoms with Gasteiger partial charge in [-0.1, -0.05) is 30.7 Å². The molecule has 1 N–H and O–H groups in total. The first kappa shape index (κ1) is 13.4. The van der Waals surface area contributed by atoms with Crippen LogP contribution in [0.5, 0.6) is 0 Å². The van der Waals surface area contributed by atoms with Crippen molar-refractivity contribution >= 4 is 0 Å². The van der Waals surface area contributed by atoms with Gasteiger partial charge in [0, 0.05) is 6.42 Å². The van der Waals surface area contributed by atoms with E-state index < -0.39 is 12.0 Å². The zero-order chi connectivity index (χ0) is 11.9. The van der Waals surface area contributed by atoms with E-state index in [-0.39, 0.29) is 6.42 Å². The Labute approximate surface area is 96.6 Å². The predicted octanol–water partition coefficient (Wildman–Crippen LogP) is 3.68. The molecular formula is C13H21F2N. The van der Waals surface area contributed by atoms with Crippen LogP contribution in [-0.4, -0.2) is 19.0 Å². The quantitative estimate of drug-likeness (QED) is 0.723. The molecule has 16 heavy (non-hydrogen) atoms. The third-order valence-corrected chi connectivity index (χ3v) is 2.99. The maximum absolute atomic E-state index is 12.8. The summed E-state index contributed by atoms with van der Waals surface area (Å²) in [5, 5.41) is 2.64. The van der Waals surface area contributed by atoms with Crippen molar-refractivity contribution in [1.82, 2.24) is 5.32 Å². The van der Waals surface area contributed by atoms with Crippen LogP contribution in [0.15, 0.2) is 24.3 Å². The van der Waals surface area contributed by atoms with Gasteiger partial charge in [-0.15, -0.1) is 0 Å². The highest BCUT2D eigenvalue weighted by atomic mass is 19.3. The number of allylic oxidation sites excluding steroid dienone is 4. The van der Waals surface area contributed by atoms with E-state index in [2.05, 4.69) is 29.6 Å². The molecule has 0 spiro atoms. The average molecular weight is 229 g/mol. The minimum absolute atomic E-state index is 0.0541. The first-order chi connectivity index (χ1) is 7.67. The zero-order valence-electron chi connectivity index (χ0n) is 9.89. The fourth-order valence-corrected chi connectivity index (χ4v) is 1.99. The summed E-state index contributed by atoms with van der Waals surface area (Å²) in [6.45, 7) is 0. The fourth-order valence-electron chi connectivity index (χ4n) is 1.99. The minimum Gasteiger partial charge on any atom is -0.312 e. The molecule has 1 atom stereocenters. The van der Waals surface area contributed by atoms with Gasteiger partial charge in [0.2, 0.25) is 0 Å². The van der Waals surface area contributed by atoms with Crippen LogP contribution in [0, 0.1) is 0 Å². The summed E-state index contributed by atoms with van der Waals surface area (Å²) in [6, 6.07) is -0.582. The summed E-state index contributed by atoms with van der Waals surface area (Å²) >= 11 is 0. The van der Waals surface area contributed by atoms with E-state index in [1.807, 2.05) is 0 Å². The van der Waals surface area contributed by atoms with Crippen LogP contribution < -0.4 is 5.32 Å². The number of hydrogen-bond acceptors (Lipinski definition) is 1. The van der Waals surface area contributed by atoms with E-state index in [1.54, 1.807) is 7.05 Å². The molecule has 3 heteroatoms. The average Bonchev–Trinajstić information content (AvgIpc) is 2.32. The molecule has 0 radical (unpaired) electrons. The van der Waals surface area contributed by atoms with Crippen LogP contribution in [0.4, 0.5) is 8.78 Å². The molecule has 0 saturated heterocycles. The fraction of sp³-hybridized carbons (Fsp3) is 0.692. The largest absolute Gasteiger partial charge is 0.312 e. The Balaban J connectivity index is 0.000000181. The van der Waals surface area contributed by atoms with Crippen molar-refractivity contribution in [2.45, 2.75) is 50.5 Å². The summed E-state index contributed by atoms with van der Waals surface area (Å²) in [7, 11) is 1.60. The maximum atomic E-state index is 12.8. The molecule has 0 amide bonds. The molecule has 0 heterocycles. The first-order valence-corrected chi connectivity index (χ1v) is 6.03. The molecule has 1 unspecified atom stereocenters. The van der Waals surface area contributed by atoms with Crippen LogP contribution in [0.2, 0.25) is 0 Å². The van der Waals surface area contributed by atoms with Gasteiger partial charge in [-0.25, -0.2) is 8.78 Å². The van der Waals surface area contributed by atoms with Crippen molar-refractivity contribution < 1.29 is 8.78 Å². The van der Waals surface area contributed by atoms with Gasteiger partial charge >= 0.3 is 0 Å². The second-order valence-electron chi connectivity index (χ2n) is 4.28. The van der Waals surface area contributed by atoms with Crippen molar-refractivity contribution in [3.05, 3.63) is 24.3 Å². The van der Waals surface area contributed by atoms with E-state index in [4.69, 9.17) is 0 Å². The monoisotopic (exact) mass is 229 g/mol. The van der Waals surface area contributed by atoms with Gasteiger partial charge in [0.15, 0.2) is 0 Å². The number of nitrogens with one attached hydrogen (secondary N) is 1. The summed E-state index contributed by atoms with van der Waals surface area (Å²) in [5.74, 6) is -2.47. The molecular weight excluding hydrogens is 208 g/mol. The lowest BCUT2D eigenvalue weighted by molar-refractivity contribution is -0.0612. The molecule has 0 aromatic carbocycles. The van der Waals surface area contributed by atoms with Crippen molar-refractivity contribution in [2.24, 2.45) is 0 Å². The molecule has 0 aromatic heterocycles. The predicted molar refractivity (Wildman–Crippen MR) is 63.8 cm³/mol. The third kappa shape index (κ3) is 4.44. The molecule has 1 fully saturated rings. The summed E-state index contributed by atoms with van der Waals surface area (Å²) in [4.78, 5) is 0. The van der Waals surface area contributed by atoms with E-state index in [0.29, 0.717) is 12.8 Å². The standard InChI is InChI=1S/C7H13F2N.C6H8/c1-10-6-4-2-3-5-7(6,8)9;1-2-4-6-5-3-1/h6,10H,2-5H2,1H3;1-4H,5-6H2. The number of halogens is 2. The topological polar surface area (TPSA) is 12.0 Å². The Kier molecular flexibility index (Phi) is 5.67. The highest BCUT2D eigenvalue weighted by molar-refractivity contribution is 5.07. The Hall–Kier alpha value is -0.700. The molecule has 92 valence electrons. The highest BCUT2D eigenvalue weighted by Gasteiger charge is 2.40. The molecule has 2 aliphatic carbocycles. The van der Waals surface area contributed by atoms with Gasteiger partial charge in [-0.3, -0.25) is 0 Å². The van der Waals surface area contributed by atoms with E-state index >= 15 is 0 Å². The molecule has 1 nitrogen and oxygen atoms in total. The smallest absolute Gasteiger partial charge is 0.263 e. The second kappa shape index (κ2) is 6.79. The molecule has 0 aliphatic heterocycles. The lowest BCUT2D eigenvalue weighted by atomic mass is 9.92. The molecule has 2 rings (SSSR count). The van der Waals surface area contributed by atoms with Crippen molar-refractivity contribution in [3.8, 4) is 0 Å². The molecule has 2 aliphatic rings. The maximum Gasteiger partial charge on any atom is 0.263 e. The van der Waals surface area contributed by atoms with Crippen LogP contribution in [0.1, 0.15) is 38.5 Å². The van der Waals surface area contributed by atoms with Crippen molar-refractivity contribution in [3.63, 3.8) is 0 Å². The lowest BCUT2D eigenvalue weighted by Crippen LogP contribution is -2.45. The van der Waals surface area contributed by atoms with Gasteiger partial charge in [-0.05, 0) is 32.7 Å². The first-order valence-electron chi connectivity index (χ1n) is 6.03. The Morgan fingerprint density at radius 1 is 1.12 bits per heavy atom. The molecule has 0 aromatic rings. The highest BCUT2D eigenvalue weighted by Crippen LogP contribution is 2.32. The second-order valence-corrected chi connectivity index (χ2v) is 4.28. The van der Waals surface area contributed by atoms with Gasteiger partial charge < -0.3 is 5.32 Å². The molecule has 1 saturated carbocycles. The Morgan fingerprint density at radius 3 is 2.06 bits per heavy atom. The van der Waals surface area contributed by atoms with Crippen LogP contribution in [0.25, 0.3) is 0 Å². The number of alkyl halides is 2. The van der Waals surface area contributed by atoms with E-state index in [1.165, 1.54) is 12.8 Å². The number of hydrogen-bond donors (Lipinski definition) is 1. The normalized spacial score (nSPS) is 27.1. The summed E-state index contributed by atoms with van der Waals surface area (Å²) < 4.78 is 25.6. The van der Waals surface area contributed by atoms with Gasteiger partial charge in [0.05, 0.1) is 6.04 Å². The van der Waals surface area contributed by atoms with Crippen LogP contribution in [0.3, 0.4) is 0 Å². The van der Waals surface area contributed by atoms with Crippen molar-refractivity contribution in [2.75, 3.05) is 7.05 Å². The third-order valence-electron chi connectivity index (χ3n) is 2.99. The number of rotatable bonds is 1. The van der Waals surface area contributed by atoms with Gasteiger partial charge in [0.25, 0.3) is 5.92 Å². The Bertz CT molecular complexity index is 234. The summed E-state index contributed by atoms with van der Waals surface area (Å²) in [6.07, 6.45) is 13.3. The summed E-state index contributed by atoms with van der Waals surface area (Å²) in [5.41, 5.74) is 0. The lowest BCUT2D eigenvalue weighted by Gasteiger charge is -2.30. The van der Waals surface area contributed by atoms with E-state index in [9.17, 15) is 8.78 Å².